The maximum Gasteiger partial charge on any atom is 0.287 e. The van der Waals surface area contributed by atoms with Gasteiger partial charge in [-0.2, -0.15) is 10.4 Å². The highest BCUT2D eigenvalue weighted by atomic mass is 16.1. The first kappa shape index (κ1) is 17.2. The lowest BCUT2D eigenvalue weighted by molar-refractivity contribution is -0.110. The smallest absolute Gasteiger partial charge is 0.287 e. The van der Waals surface area contributed by atoms with E-state index in [-0.39, 0.29) is 5.71 Å². The predicted octanol–water partition coefficient (Wildman–Crippen LogP) is 4.39. The van der Waals surface area contributed by atoms with Gasteiger partial charge in [0.2, 0.25) is 5.71 Å². The van der Waals surface area contributed by atoms with Gasteiger partial charge in [-0.15, -0.1) is 0 Å². The van der Waals surface area contributed by atoms with Gasteiger partial charge in [-0.3, -0.25) is 10.2 Å². The quantitative estimate of drug-likeness (QED) is 0.545. The van der Waals surface area contributed by atoms with Crippen LogP contribution in [-0.2, 0) is 4.79 Å². The van der Waals surface area contributed by atoms with E-state index in [2.05, 4.69) is 15.8 Å². The van der Waals surface area contributed by atoms with Gasteiger partial charge in [0.05, 0.1) is 5.69 Å². The second kappa shape index (κ2) is 7.49. The molecule has 1 amide bonds. The molecule has 3 aromatic carbocycles. The number of fused-ring (bicyclic) bond motifs is 1. The van der Waals surface area contributed by atoms with Gasteiger partial charge in [0.15, 0.2) is 0 Å². The Balaban J connectivity index is 1.79. The normalized spacial score (nSPS) is 11.0. The molecule has 0 bridgehead atoms. The van der Waals surface area contributed by atoms with Crippen LogP contribution in [0.5, 0.6) is 0 Å². The van der Waals surface area contributed by atoms with Gasteiger partial charge in [-0.25, -0.2) is 0 Å². The second-order valence-corrected chi connectivity index (χ2v) is 5.97. The fraction of sp³-hybridized carbons (Fsp3) is 0.0952. The Morgan fingerprint density at radius 1 is 0.962 bits per heavy atom. The van der Waals surface area contributed by atoms with Crippen molar-refractivity contribution in [1.29, 1.82) is 5.26 Å². The third-order valence-electron chi connectivity index (χ3n) is 4.09. The minimum Gasteiger partial charge on any atom is -0.319 e. The molecule has 0 unspecified atom stereocenters. The van der Waals surface area contributed by atoms with E-state index in [0.717, 1.165) is 21.9 Å². The van der Waals surface area contributed by atoms with Crippen LogP contribution in [-0.4, -0.2) is 11.6 Å². The molecule has 0 aliphatic carbocycles. The molecule has 3 aromatic rings. The number of carbonyl (C=O) groups is 1. The number of para-hydroxylation sites is 1. The Bertz CT molecular complexity index is 1030. The standard InChI is InChI=1S/C21H18N4O/c1-14-6-5-7-15(2)20(14)23-21(26)19(13-22)25-24-18-11-10-16-8-3-4-9-17(16)12-18/h3-12,24H,1-2H3,(H,23,26). The average molecular weight is 342 g/mol. The van der Waals surface area contributed by atoms with Crippen LogP contribution >= 0.6 is 0 Å². The molecule has 0 atom stereocenters. The predicted molar refractivity (Wildman–Crippen MR) is 105 cm³/mol. The summed E-state index contributed by atoms with van der Waals surface area (Å²) < 4.78 is 0. The summed E-state index contributed by atoms with van der Waals surface area (Å²) >= 11 is 0. The SMILES string of the molecule is Cc1cccc(C)c1NC(=O)C(C#N)=NNc1ccc2ccccc2c1. The molecule has 5 nitrogen and oxygen atoms in total. The molecule has 0 saturated heterocycles. The van der Waals surface area contributed by atoms with E-state index in [0.29, 0.717) is 11.4 Å². The molecule has 26 heavy (non-hydrogen) atoms. The van der Waals surface area contributed by atoms with Crippen LogP contribution in [0.1, 0.15) is 11.1 Å². The van der Waals surface area contributed by atoms with Gasteiger partial charge in [-0.1, -0.05) is 48.5 Å². The zero-order chi connectivity index (χ0) is 18.5. The number of benzene rings is 3. The van der Waals surface area contributed by atoms with Gasteiger partial charge in [-0.05, 0) is 47.9 Å². The van der Waals surface area contributed by atoms with Crippen molar-refractivity contribution in [1.82, 2.24) is 0 Å². The molecule has 0 spiro atoms. The molecule has 3 rings (SSSR count). The number of aryl methyl sites for hydroxylation is 2. The molecule has 0 fully saturated rings. The number of nitrogens with one attached hydrogen (secondary N) is 2. The molecule has 128 valence electrons. The van der Waals surface area contributed by atoms with Crippen molar-refractivity contribution in [3.63, 3.8) is 0 Å². The van der Waals surface area contributed by atoms with Crippen molar-refractivity contribution in [3.05, 3.63) is 71.8 Å². The number of carbonyl (C=O) groups excluding carboxylic acids is 1. The third-order valence-corrected chi connectivity index (χ3v) is 4.09. The molecule has 0 heterocycles. The summed E-state index contributed by atoms with van der Waals surface area (Å²) in [7, 11) is 0. The van der Waals surface area contributed by atoms with Gasteiger partial charge in [0.1, 0.15) is 6.07 Å². The largest absolute Gasteiger partial charge is 0.319 e. The average Bonchev–Trinajstić information content (AvgIpc) is 2.65. The summed E-state index contributed by atoms with van der Waals surface area (Å²) in [5.74, 6) is -0.543. The number of amides is 1. The Hall–Kier alpha value is -3.65. The summed E-state index contributed by atoms with van der Waals surface area (Å²) in [6.45, 7) is 3.80. The summed E-state index contributed by atoms with van der Waals surface area (Å²) in [4.78, 5) is 12.4. The molecule has 0 aromatic heterocycles. The molecule has 5 heteroatoms. The van der Waals surface area contributed by atoms with Gasteiger partial charge < -0.3 is 5.32 Å². The molecular formula is C21H18N4O. The van der Waals surface area contributed by atoms with Gasteiger partial charge in [0.25, 0.3) is 5.91 Å². The van der Waals surface area contributed by atoms with E-state index in [4.69, 9.17) is 0 Å². The molecule has 0 aliphatic rings. The van der Waals surface area contributed by atoms with Crippen LogP contribution in [0.25, 0.3) is 10.8 Å². The lowest BCUT2D eigenvalue weighted by atomic mass is 10.1. The molecule has 2 N–H and O–H groups in total. The third kappa shape index (κ3) is 3.70. The van der Waals surface area contributed by atoms with Crippen LogP contribution in [0.15, 0.2) is 65.8 Å². The minimum atomic E-state index is -0.543. The highest BCUT2D eigenvalue weighted by Gasteiger charge is 2.14. The number of hydrazone groups is 1. The highest BCUT2D eigenvalue weighted by molar-refractivity contribution is 6.48. The Labute approximate surface area is 152 Å². The van der Waals surface area contributed by atoms with E-state index in [1.165, 1.54) is 0 Å². The van der Waals surface area contributed by atoms with Crippen LogP contribution < -0.4 is 10.7 Å². The maximum absolute atomic E-state index is 12.4. The summed E-state index contributed by atoms with van der Waals surface area (Å²) in [5, 5.41) is 18.2. The van der Waals surface area contributed by atoms with Crippen molar-refractivity contribution in [2.75, 3.05) is 10.7 Å². The zero-order valence-corrected chi connectivity index (χ0v) is 14.6. The van der Waals surface area contributed by atoms with E-state index < -0.39 is 5.91 Å². The van der Waals surface area contributed by atoms with E-state index >= 15 is 0 Å². The minimum absolute atomic E-state index is 0.235. The van der Waals surface area contributed by atoms with E-state index in [1.807, 2.05) is 80.6 Å². The first-order valence-electron chi connectivity index (χ1n) is 8.18. The van der Waals surface area contributed by atoms with Gasteiger partial charge >= 0.3 is 0 Å². The summed E-state index contributed by atoms with van der Waals surface area (Å²) in [5.41, 5.74) is 5.82. The van der Waals surface area contributed by atoms with Crippen molar-refractivity contribution < 1.29 is 4.79 Å². The fourth-order valence-electron chi connectivity index (χ4n) is 2.69. The lowest BCUT2D eigenvalue weighted by Gasteiger charge is -2.10. The monoisotopic (exact) mass is 342 g/mol. The number of nitrogens with zero attached hydrogens (tertiary/aromatic N) is 2. The number of hydrogen-bond donors (Lipinski definition) is 2. The van der Waals surface area contributed by atoms with Crippen molar-refractivity contribution >= 4 is 33.8 Å². The highest BCUT2D eigenvalue weighted by Crippen LogP contribution is 2.20. The maximum atomic E-state index is 12.4. The van der Waals surface area contributed by atoms with Gasteiger partial charge in [0, 0.05) is 5.69 Å². The second-order valence-electron chi connectivity index (χ2n) is 5.97. The fourth-order valence-corrected chi connectivity index (χ4v) is 2.69. The van der Waals surface area contributed by atoms with Crippen molar-refractivity contribution in [3.8, 4) is 6.07 Å². The van der Waals surface area contributed by atoms with E-state index in [1.54, 1.807) is 0 Å². The molecule has 0 saturated carbocycles. The van der Waals surface area contributed by atoms with Crippen molar-refractivity contribution in [2.45, 2.75) is 13.8 Å². The van der Waals surface area contributed by atoms with Crippen molar-refractivity contribution in [2.24, 2.45) is 5.10 Å². The Kier molecular flexibility index (Phi) is 4.95. The zero-order valence-electron chi connectivity index (χ0n) is 14.6. The number of hydrogen-bond acceptors (Lipinski definition) is 4. The summed E-state index contributed by atoms with van der Waals surface area (Å²) in [6.07, 6.45) is 0. The molecule has 0 aliphatic heterocycles. The van der Waals surface area contributed by atoms with Crippen LogP contribution in [0, 0.1) is 25.2 Å². The number of nitriles is 1. The first-order chi connectivity index (χ1) is 12.6. The molecular weight excluding hydrogens is 324 g/mol. The van der Waals surface area contributed by atoms with Crippen LogP contribution in [0.2, 0.25) is 0 Å². The number of anilines is 2. The topological polar surface area (TPSA) is 77.3 Å². The number of rotatable bonds is 4. The van der Waals surface area contributed by atoms with Crippen LogP contribution in [0.4, 0.5) is 11.4 Å². The molecule has 0 radical (unpaired) electrons. The first-order valence-corrected chi connectivity index (χ1v) is 8.18. The Morgan fingerprint density at radius 2 is 1.65 bits per heavy atom. The van der Waals surface area contributed by atoms with Crippen LogP contribution in [0.3, 0.4) is 0 Å². The lowest BCUT2D eigenvalue weighted by Crippen LogP contribution is -2.23. The van der Waals surface area contributed by atoms with E-state index in [9.17, 15) is 10.1 Å². The summed E-state index contributed by atoms with van der Waals surface area (Å²) in [6, 6.07) is 21.2. The Morgan fingerprint density at radius 3 is 2.35 bits per heavy atom.